The van der Waals surface area contributed by atoms with Crippen molar-refractivity contribution in [3.05, 3.63) is 0 Å². The van der Waals surface area contributed by atoms with E-state index in [9.17, 15) is 8.42 Å². The van der Waals surface area contributed by atoms with Crippen molar-refractivity contribution >= 4 is 19.7 Å². The average Bonchev–Trinajstić information content (AvgIpc) is 1.80. The van der Waals surface area contributed by atoms with Crippen LogP contribution in [0.2, 0.25) is 0 Å². The van der Waals surface area contributed by atoms with Gasteiger partial charge < -0.3 is 4.74 Å². The van der Waals surface area contributed by atoms with Gasteiger partial charge in [0.1, 0.15) is 0 Å². The van der Waals surface area contributed by atoms with Crippen LogP contribution in [0.3, 0.4) is 0 Å². The fourth-order valence-electron chi connectivity index (χ4n) is 0.729. The quantitative estimate of drug-likeness (QED) is 0.642. The van der Waals surface area contributed by atoms with Gasteiger partial charge >= 0.3 is 0 Å². The molecule has 0 fully saturated rings. The summed E-state index contributed by atoms with van der Waals surface area (Å²) in [6.45, 7) is 3.77. The minimum atomic E-state index is -3.43. The van der Waals surface area contributed by atoms with Gasteiger partial charge in [0, 0.05) is 17.8 Å². The monoisotopic (exact) mass is 200 g/mol. The van der Waals surface area contributed by atoms with Crippen molar-refractivity contribution in [2.24, 2.45) is 5.92 Å². The first-order chi connectivity index (χ1) is 4.87. The lowest BCUT2D eigenvalue weighted by atomic mass is 10.1. The molecule has 0 bridgehead atoms. The topological polar surface area (TPSA) is 43.4 Å². The van der Waals surface area contributed by atoms with Gasteiger partial charge in [-0.25, -0.2) is 8.42 Å². The Morgan fingerprint density at radius 1 is 1.45 bits per heavy atom. The maximum absolute atomic E-state index is 10.6. The van der Waals surface area contributed by atoms with Crippen LogP contribution in [-0.4, -0.2) is 27.4 Å². The second-order valence-corrected chi connectivity index (χ2v) is 5.55. The first-order valence-corrected chi connectivity index (χ1v) is 5.79. The smallest absolute Gasteiger partial charge is 0.235 e. The van der Waals surface area contributed by atoms with E-state index in [1.807, 2.05) is 13.8 Å². The molecule has 0 aliphatic carbocycles. The van der Waals surface area contributed by atoms with E-state index in [1.165, 1.54) is 7.11 Å². The van der Waals surface area contributed by atoms with E-state index in [4.69, 9.17) is 15.4 Å². The van der Waals surface area contributed by atoms with E-state index >= 15 is 0 Å². The molecule has 68 valence electrons. The zero-order valence-corrected chi connectivity index (χ0v) is 8.45. The summed E-state index contributed by atoms with van der Waals surface area (Å²) in [5.74, 6) is 0.0384. The normalized spacial score (nSPS) is 15.4. The van der Waals surface area contributed by atoms with Crippen LogP contribution in [0.4, 0.5) is 0 Å². The summed E-state index contributed by atoms with van der Waals surface area (Å²) in [5, 5.41) is 0. The van der Waals surface area contributed by atoms with Gasteiger partial charge in [0.05, 0.1) is 11.9 Å². The zero-order chi connectivity index (χ0) is 9.07. The standard InChI is InChI=1S/C6H13ClO3S/c1-5(2)6(10-3)4-11(7,8)9/h5-6H,4H2,1-3H3. The van der Waals surface area contributed by atoms with Crippen LogP contribution >= 0.6 is 10.7 Å². The molecule has 0 aliphatic heterocycles. The number of methoxy groups -OCH3 is 1. The van der Waals surface area contributed by atoms with Crippen molar-refractivity contribution in [2.75, 3.05) is 12.9 Å². The molecule has 0 heterocycles. The third kappa shape index (κ3) is 5.47. The van der Waals surface area contributed by atoms with Crippen molar-refractivity contribution in [1.29, 1.82) is 0 Å². The summed E-state index contributed by atoms with van der Waals surface area (Å²) in [4.78, 5) is 0. The van der Waals surface area contributed by atoms with Crippen molar-refractivity contribution in [1.82, 2.24) is 0 Å². The number of hydrogen-bond acceptors (Lipinski definition) is 3. The molecule has 0 aromatic rings. The minimum absolute atomic E-state index is 0.122. The number of hydrogen-bond donors (Lipinski definition) is 0. The molecule has 0 saturated heterocycles. The first kappa shape index (κ1) is 11.2. The van der Waals surface area contributed by atoms with Gasteiger partial charge in [-0.3, -0.25) is 0 Å². The predicted molar refractivity (Wildman–Crippen MR) is 45.3 cm³/mol. The van der Waals surface area contributed by atoms with Crippen LogP contribution in [-0.2, 0) is 13.8 Å². The van der Waals surface area contributed by atoms with Crippen LogP contribution in [0.5, 0.6) is 0 Å². The summed E-state index contributed by atoms with van der Waals surface area (Å²) in [6, 6.07) is 0. The molecule has 0 radical (unpaired) electrons. The van der Waals surface area contributed by atoms with E-state index in [-0.39, 0.29) is 17.8 Å². The maximum atomic E-state index is 10.6. The van der Waals surface area contributed by atoms with Crippen molar-refractivity contribution in [3.8, 4) is 0 Å². The second kappa shape index (κ2) is 4.28. The van der Waals surface area contributed by atoms with Gasteiger partial charge in [-0.1, -0.05) is 13.8 Å². The third-order valence-electron chi connectivity index (χ3n) is 1.41. The highest BCUT2D eigenvalue weighted by Gasteiger charge is 2.19. The summed E-state index contributed by atoms with van der Waals surface area (Å²) < 4.78 is 26.1. The lowest BCUT2D eigenvalue weighted by molar-refractivity contribution is 0.0831. The minimum Gasteiger partial charge on any atom is -0.380 e. The van der Waals surface area contributed by atoms with Gasteiger partial charge in [-0.2, -0.15) is 0 Å². The number of ether oxygens (including phenoxy) is 1. The Kier molecular flexibility index (Phi) is 4.36. The molecule has 0 aliphatic rings. The Balaban J connectivity index is 4.10. The van der Waals surface area contributed by atoms with E-state index in [0.717, 1.165) is 0 Å². The Morgan fingerprint density at radius 2 is 1.91 bits per heavy atom. The van der Waals surface area contributed by atoms with Gasteiger partial charge in [0.2, 0.25) is 9.05 Å². The van der Waals surface area contributed by atoms with Gasteiger partial charge in [0.15, 0.2) is 0 Å². The summed E-state index contributed by atoms with van der Waals surface area (Å²) >= 11 is 0. The molecule has 5 heteroatoms. The molecular weight excluding hydrogens is 188 g/mol. The van der Waals surface area contributed by atoms with Crippen LogP contribution in [0, 0.1) is 5.92 Å². The van der Waals surface area contributed by atoms with E-state index in [1.54, 1.807) is 0 Å². The van der Waals surface area contributed by atoms with E-state index in [0.29, 0.717) is 0 Å². The fraction of sp³-hybridized carbons (Fsp3) is 1.00. The summed E-state index contributed by atoms with van der Waals surface area (Å²) in [5.41, 5.74) is 0. The maximum Gasteiger partial charge on any atom is 0.235 e. The lowest BCUT2D eigenvalue weighted by Crippen LogP contribution is -2.25. The van der Waals surface area contributed by atoms with Crippen LogP contribution in [0.25, 0.3) is 0 Å². The second-order valence-electron chi connectivity index (χ2n) is 2.72. The third-order valence-corrected chi connectivity index (χ3v) is 2.51. The summed E-state index contributed by atoms with van der Waals surface area (Å²) in [7, 11) is 3.09. The van der Waals surface area contributed by atoms with Crippen LogP contribution < -0.4 is 0 Å². The Morgan fingerprint density at radius 3 is 2.00 bits per heavy atom. The molecule has 0 N–H and O–H groups in total. The van der Waals surface area contributed by atoms with E-state index < -0.39 is 9.05 Å². The largest absolute Gasteiger partial charge is 0.380 e. The van der Waals surface area contributed by atoms with Crippen molar-refractivity contribution in [3.63, 3.8) is 0 Å². The SMILES string of the molecule is COC(CS(=O)(=O)Cl)C(C)C. The molecule has 3 nitrogen and oxygen atoms in total. The Bertz CT molecular complexity index is 198. The Hall–Kier alpha value is 0.200. The molecule has 1 unspecified atom stereocenters. The number of halogens is 1. The number of rotatable bonds is 4. The van der Waals surface area contributed by atoms with Crippen LogP contribution in [0.1, 0.15) is 13.8 Å². The molecule has 0 saturated carbocycles. The van der Waals surface area contributed by atoms with Crippen molar-refractivity contribution in [2.45, 2.75) is 20.0 Å². The highest BCUT2D eigenvalue weighted by molar-refractivity contribution is 8.13. The molecule has 0 amide bonds. The molecular formula is C6H13ClO3S. The van der Waals surface area contributed by atoms with Gasteiger partial charge in [-0.05, 0) is 5.92 Å². The highest BCUT2D eigenvalue weighted by atomic mass is 35.7. The summed E-state index contributed by atoms with van der Waals surface area (Å²) in [6.07, 6.45) is -0.308. The van der Waals surface area contributed by atoms with Crippen molar-refractivity contribution < 1.29 is 13.2 Å². The van der Waals surface area contributed by atoms with E-state index in [2.05, 4.69) is 0 Å². The molecule has 1 atom stereocenters. The van der Waals surface area contributed by atoms with Gasteiger partial charge in [0.25, 0.3) is 0 Å². The fourth-order valence-corrected chi connectivity index (χ4v) is 2.01. The van der Waals surface area contributed by atoms with Gasteiger partial charge in [-0.15, -0.1) is 0 Å². The molecule has 0 aromatic heterocycles. The molecule has 0 spiro atoms. The average molecular weight is 201 g/mol. The highest BCUT2D eigenvalue weighted by Crippen LogP contribution is 2.10. The zero-order valence-electron chi connectivity index (χ0n) is 6.87. The molecule has 0 rings (SSSR count). The Labute approximate surface area is 72.1 Å². The molecule has 0 aromatic carbocycles. The molecule has 11 heavy (non-hydrogen) atoms. The first-order valence-electron chi connectivity index (χ1n) is 3.32. The predicted octanol–water partition coefficient (Wildman–Crippen LogP) is 1.23. The van der Waals surface area contributed by atoms with Crippen LogP contribution in [0.15, 0.2) is 0 Å². The lowest BCUT2D eigenvalue weighted by Gasteiger charge is -2.16.